The molecule has 1 heterocycles. The number of aromatic nitrogens is 1. The van der Waals surface area contributed by atoms with Gasteiger partial charge < -0.3 is 0 Å². The zero-order chi connectivity index (χ0) is 18.8. The van der Waals surface area contributed by atoms with Crippen LogP contribution >= 0.6 is 0 Å². The van der Waals surface area contributed by atoms with Crippen molar-refractivity contribution in [3.8, 4) is 44.8 Å². The summed E-state index contributed by atoms with van der Waals surface area (Å²) in [4.78, 5) is 5.04. The van der Waals surface area contributed by atoms with Crippen molar-refractivity contribution in [1.29, 1.82) is 0 Å². The third kappa shape index (κ3) is 3.08. The Kier molecular flexibility index (Phi) is 4.19. The van der Waals surface area contributed by atoms with Gasteiger partial charge in [-0.2, -0.15) is 0 Å². The summed E-state index contributed by atoms with van der Waals surface area (Å²) in [6.07, 6.45) is 0. The Bertz CT molecular complexity index is 1140. The summed E-state index contributed by atoms with van der Waals surface area (Å²) >= 11 is 0. The molecule has 0 spiro atoms. The van der Waals surface area contributed by atoms with Gasteiger partial charge in [-0.1, -0.05) is 103 Å². The highest BCUT2D eigenvalue weighted by atomic mass is 14.7. The fraction of sp³-hybridized carbons (Fsp3) is 0. The molecule has 2 aliphatic carbocycles. The van der Waals surface area contributed by atoms with Gasteiger partial charge in [-0.05, 0) is 34.4 Å². The van der Waals surface area contributed by atoms with Gasteiger partial charge in [0.05, 0.1) is 11.4 Å². The zero-order valence-electron chi connectivity index (χ0n) is 15.4. The van der Waals surface area contributed by atoms with Crippen molar-refractivity contribution in [2.24, 2.45) is 0 Å². The van der Waals surface area contributed by atoms with Gasteiger partial charge in [0.15, 0.2) is 0 Å². The maximum Gasteiger partial charge on any atom is 0.0721 e. The van der Waals surface area contributed by atoms with Gasteiger partial charge >= 0.3 is 0 Å². The maximum absolute atomic E-state index is 5.04. The van der Waals surface area contributed by atoms with E-state index in [2.05, 4.69) is 109 Å². The second-order valence-electron chi connectivity index (χ2n) is 6.89. The molecule has 0 fully saturated rings. The summed E-state index contributed by atoms with van der Waals surface area (Å²) in [7, 11) is 0. The van der Waals surface area contributed by atoms with Crippen molar-refractivity contribution >= 4 is 0 Å². The molecule has 0 saturated carbocycles. The van der Waals surface area contributed by atoms with Crippen LogP contribution in [-0.4, -0.2) is 4.98 Å². The molecule has 5 rings (SSSR count). The Morgan fingerprint density at radius 3 is 1.64 bits per heavy atom. The van der Waals surface area contributed by atoms with E-state index in [1.165, 1.54) is 27.8 Å². The molecular weight excluding hydrogens is 338 g/mol. The molecule has 0 unspecified atom stereocenters. The highest BCUT2D eigenvalue weighted by Gasteiger charge is 2.14. The fourth-order valence-electron chi connectivity index (χ4n) is 3.66. The first-order valence-electron chi connectivity index (χ1n) is 9.49. The number of pyridine rings is 1. The van der Waals surface area contributed by atoms with Gasteiger partial charge in [0, 0.05) is 11.1 Å². The lowest BCUT2D eigenvalue weighted by molar-refractivity contribution is 1.33. The van der Waals surface area contributed by atoms with E-state index in [4.69, 9.17) is 4.98 Å². The minimum atomic E-state index is 0.992. The van der Waals surface area contributed by atoms with Crippen LogP contribution in [0.15, 0.2) is 115 Å². The SMILES string of the molecule is c1ccc(-c2cc(-c3ccccc3)nc(-c3ccc4cccccc3-4)c2)cc1. The van der Waals surface area contributed by atoms with E-state index in [0.29, 0.717) is 0 Å². The van der Waals surface area contributed by atoms with Crippen molar-refractivity contribution in [2.75, 3.05) is 0 Å². The molecule has 28 heavy (non-hydrogen) atoms. The molecule has 0 aliphatic heterocycles. The van der Waals surface area contributed by atoms with Gasteiger partial charge in [-0.25, -0.2) is 4.98 Å². The normalized spacial score (nSPS) is 10.9. The summed E-state index contributed by atoms with van der Waals surface area (Å²) in [5.41, 5.74) is 9.12. The van der Waals surface area contributed by atoms with Crippen LogP contribution in [0.25, 0.3) is 44.8 Å². The first kappa shape index (κ1) is 16.5. The molecule has 0 bridgehead atoms. The molecule has 1 nitrogen and oxygen atoms in total. The molecule has 0 atom stereocenters. The van der Waals surface area contributed by atoms with Gasteiger partial charge in [0.25, 0.3) is 0 Å². The Morgan fingerprint density at radius 1 is 0.357 bits per heavy atom. The predicted molar refractivity (Wildman–Crippen MR) is 117 cm³/mol. The molecule has 2 aromatic carbocycles. The van der Waals surface area contributed by atoms with E-state index in [9.17, 15) is 0 Å². The van der Waals surface area contributed by atoms with Crippen molar-refractivity contribution < 1.29 is 0 Å². The number of hydrogen-bond acceptors (Lipinski definition) is 1. The van der Waals surface area contributed by atoms with Crippen LogP contribution in [0.4, 0.5) is 0 Å². The number of benzene rings is 2. The van der Waals surface area contributed by atoms with Gasteiger partial charge in [0.2, 0.25) is 0 Å². The van der Waals surface area contributed by atoms with Crippen LogP contribution in [-0.2, 0) is 0 Å². The standard InChI is InChI=1S/C27H19N/c1-4-10-20(11-5-1)23-18-26(22-13-7-2-8-14-22)28-27(19-23)25-17-16-21-12-6-3-9-15-24(21)25/h1-19H. The van der Waals surface area contributed by atoms with Crippen LogP contribution in [0.2, 0.25) is 0 Å². The number of fused-ring (bicyclic) bond motifs is 1. The highest BCUT2D eigenvalue weighted by Crippen LogP contribution is 2.37. The summed E-state index contributed by atoms with van der Waals surface area (Å²) < 4.78 is 0. The fourth-order valence-corrected chi connectivity index (χ4v) is 3.66. The monoisotopic (exact) mass is 357 g/mol. The smallest absolute Gasteiger partial charge is 0.0721 e. The summed E-state index contributed by atoms with van der Waals surface area (Å²) in [6, 6.07) is 40.2. The lowest BCUT2D eigenvalue weighted by Crippen LogP contribution is -1.91. The molecule has 0 amide bonds. The molecule has 0 radical (unpaired) electrons. The third-order valence-electron chi connectivity index (χ3n) is 5.07. The molecule has 1 heteroatoms. The summed E-state index contributed by atoms with van der Waals surface area (Å²) in [5.74, 6) is 0. The summed E-state index contributed by atoms with van der Waals surface area (Å²) in [6.45, 7) is 0. The quantitative estimate of drug-likeness (QED) is 0.333. The molecule has 0 saturated heterocycles. The minimum Gasteiger partial charge on any atom is -0.248 e. The Morgan fingerprint density at radius 2 is 0.929 bits per heavy atom. The van der Waals surface area contributed by atoms with Gasteiger partial charge in [-0.3, -0.25) is 0 Å². The first-order valence-corrected chi connectivity index (χ1v) is 9.49. The van der Waals surface area contributed by atoms with E-state index in [0.717, 1.165) is 17.0 Å². The average Bonchev–Trinajstić information content (AvgIpc) is 3.03. The van der Waals surface area contributed by atoms with Gasteiger partial charge in [0.1, 0.15) is 0 Å². The predicted octanol–water partition coefficient (Wildman–Crippen LogP) is 7.19. The lowest BCUT2D eigenvalue weighted by Gasteiger charge is -2.10. The lowest BCUT2D eigenvalue weighted by atomic mass is 9.99. The molecule has 3 aromatic rings. The van der Waals surface area contributed by atoms with Crippen molar-refractivity contribution in [1.82, 2.24) is 4.98 Å². The van der Waals surface area contributed by atoms with Crippen LogP contribution in [0.5, 0.6) is 0 Å². The van der Waals surface area contributed by atoms with E-state index < -0.39 is 0 Å². The Labute approximate surface area is 165 Å². The Hall–Kier alpha value is -3.71. The third-order valence-corrected chi connectivity index (χ3v) is 5.07. The second-order valence-corrected chi connectivity index (χ2v) is 6.89. The maximum atomic E-state index is 5.04. The van der Waals surface area contributed by atoms with Crippen LogP contribution in [0, 0.1) is 0 Å². The molecule has 1 aromatic heterocycles. The zero-order valence-corrected chi connectivity index (χ0v) is 15.4. The van der Waals surface area contributed by atoms with Crippen LogP contribution in [0.3, 0.4) is 0 Å². The largest absolute Gasteiger partial charge is 0.248 e. The molecule has 132 valence electrons. The summed E-state index contributed by atoms with van der Waals surface area (Å²) in [5, 5.41) is 0. The van der Waals surface area contributed by atoms with Crippen molar-refractivity contribution in [3.63, 3.8) is 0 Å². The number of hydrogen-bond donors (Lipinski definition) is 0. The van der Waals surface area contributed by atoms with Crippen LogP contribution in [0.1, 0.15) is 0 Å². The van der Waals surface area contributed by atoms with E-state index >= 15 is 0 Å². The number of nitrogens with zero attached hydrogens (tertiary/aromatic N) is 1. The Balaban J connectivity index is 1.74. The van der Waals surface area contributed by atoms with E-state index in [1.54, 1.807) is 0 Å². The first-order chi connectivity index (χ1) is 13.9. The molecular formula is C27H19N. The molecule has 0 N–H and O–H groups in total. The van der Waals surface area contributed by atoms with Gasteiger partial charge in [-0.15, -0.1) is 0 Å². The topological polar surface area (TPSA) is 12.9 Å². The van der Waals surface area contributed by atoms with E-state index in [1.807, 2.05) is 6.07 Å². The van der Waals surface area contributed by atoms with Crippen LogP contribution < -0.4 is 0 Å². The van der Waals surface area contributed by atoms with Crippen molar-refractivity contribution in [2.45, 2.75) is 0 Å². The average molecular weight is 357 g/mol. The van der Waals surface area contributed by atoms with Crippen molar-refractivity contribution in [3.05, 3.63) is 115 Å². The number of rotatable bonds is 3. The minimum absolute atomic E-state index is 0.992. The highest BCUT2D eigenvalue weighted by molar-refractivity contribution is 5.87. The van der Waals surface area contributed by atoms with E-state index in [-0.39, 0.29) is 0 Å². The molecule has 2 aliphatic rings. The second kappa shape index (κ2) is 7.13.